The number of nitrogens with zero attached hydrogens (tertiary/aromatic N) is 1. The second kappa shape index (κ2) is 8.85. The van der Waals surface area contributed by atoms with Crippen LogP contribution in [0.25, 0.3) is 0 Å². The van der Waals surface area contributed by atoms with Crippen LogP contribution < -0.4 is 4.74 Å². The number of hydrogen-bond acceptors (Lipinski definition) is 3. The van der Waals surface area contributed by atoms with Crippen LogP contribution in [-0.4, -0.2) is 42.2 Å². The van der Waals surface area contributed by atoms with Gasteiger partial charge in [0.15, 0.2) is 0 Å². The van der Waals surface area contributed by atoms with Crippen molar-refractivity contribution in [3.05, 3.63) is 30.1 Å². The number of carboxylic acids is 1. The molecule has 118 valence electrons. The monoisotopic (exact) mass is 317 g/mol. The molecule has 0 radical (unpaired) electrons. The third-order valence-corrected chi connectivity index (χ3v) is 3.64. The average Bonchev–Trinajstić information content (AvgIpc) is 2.46. The quantitative estimate of drug-likeness (QED) is 0.820. The summed E-state index contributed by atoms with van der Waals surface area (Å²) in [5.41, 5.74) is 0. The Morgan fingerprint density at radius 1 is 1.29 bits per heavy atom. The highest BCUT2D eigenvalue weighted by molar-refractivity contribution is 5.85. The van der Waals surface area contributed by atoms with E-state index in [-0.39, 0.29) is 24.1 Å². The number of aliphatic carboxylic acids is 1. The number of rotatable bonds is 6. The molecule has 6 heteroatoms. The largest absolute Gasteiger partial charge is 0.494 e. The summed E-state index contributed by atoms with van der Waals surface area (Å²) in [7, 11) is 0. The fourth-order valence-corrected chi connectivity index (χ4v) is 2.41. The molecule has 1 heterocycles. The zero-order valence-electron chi connectivity index (χ0n) is 11.8. The molecule has 0 saturated carbocycles. The summed E-state index contributed by atoms with van der Waals surface area (Å²) in [5.74, 6) is -0.444. The molecule has 4 nitrogen and oxygen atoms in total. The fraction of sp³-hybridized carbons (Fsp3) is 0.533. The third kappa shape index (κ3) is 5.89. The van der Waals surface area contributed by atoms with Gasteiger partial charge < -0.3 is 14.7 Å². The first kappa shape index (κ1) is 17.7. The molecule has 0 bridgehead atoms. The van der Waals surface area contributed by atoms with E-state index in [4.69, 9.17) is 9.84 Å². The van der Waals surface area contributed by atoms with Crippen molar-refractivity contribution in [3.63, 3.8) is 0 Å². The van der Waals surface area contributed by atoms with Crippen LogP contribution in [0.3, 0.4) is 0 Å². The topological polar surface area (TPSA) is 49.8 Å². The molecular weight excluding hydrogens is 297 g/mol. The molecule has 0 aliphatic carbocycles. The number of hydrogen-bond donors (Lipinski definition) is 1. The van der Waals surface area contributed by atoms with Gasteiger partial charge >= 0.3 is 5.97 Å². The molecule has 1 aromatic rings. The van der Waals surface area contributed by atoms with Crippen molar-refractivity contribution in [2.75, 3.05) is 26.2 Å². The fourth-order valence-electron chi connectivity index (χ4n) is 2.41. The minimum Gasteiger partial charge on any atom is -0.494 e. The van der Waals surface area contributed by atoms with E-state index < -0.39 is 5.97 Å². The van der Waals surface area contributed by atoms with Gasteiger partial charge in [-0.15, -0.1) is 12.4 Å². The first-order chi connectivity index (χ1) is 9.65. The normalized spacial score (nSPS) is 16.2. The van der Waals surface area contributed by atoms with Gasteiger partial charge in [-0.3, -0.25) is 4.79 Å². The van der Waals surface area contributed by atoms with Crippen molar-refractivity contribution in [1.29, 1.82) is 0 Å². The van der Waals surface area contributed by atoms with E-state index in [1.165, 1.54) is 12.1 Å². The van der Waals surface area contributed by atoms with Crippen LogP contribution in [0, 0.1) is 11.7 Å². The average molecular weight is 318 g/mol. The first-order valence-electron chi connectivity index (χ1n) is 6.98. The molecule has 0 aromatic heterocycles. The van der Waals surface area contributed by atoms with Crippen LogP contribution in [-0.2, 0) is 4.79 Å². The maximum absolute atomic E-state index is 12.7. The Hall–Kier alpha value is -1.33. The number of piperidine rings is 1. The smallest absolute Gasteiger partial charge is 0.306 e. The second-order valence-electron chi connectivity index (χ2n) is 5.11. The van der Waals surface area contributed by atoms with Crippen molar-refractivity contribution < 1.29 is 19.0 Å². The molecule has 2 rings (SSSR count). The van der Waals surface area contributed by atoms with Crippen molar-refractivity contribution in [1.82, 2.24) is 4.90 Å². The lowest BCUT2D eigenvalue weighted by atomic mass is 9.97. The van der Waals surface area contributed by atoms with Crippen LogP contribution in [0.1, 0.15) is 19.3 Å². The van der Waals surface area contributed by atoms with Gasteiger partial charge in [0.2, 0.25) is 0 Å². The minimum absolute atomic E-state index is 0. The zero-order valence-corrected chi connectivity index (χ0v) is 12.7. The van der Waals surface area contributed by atoms with Gasteiger partial charge in [0.25, 0.3) is 0 Å². The first-order valence-corrected chi connectivity index (χ1v) is 6.98. The number of likely N-dealkylation sites (tertiary alicyclic amines) is 1. The summed E-state index contributed by atoms with van der Waals surface area (Å²) < 4.78 is 18.2. The summed E-state index contributed by atoms with van der Waals surface area (Å²) in [6.07, 6.45) is 2.34. The Bertz CT molecular complexity index is 433. The maximum atomic E-state index is 12.7. The Balaban J connectivity index is 0.00000220. The molecule has 1 aliphatic heterocycles. The zero-order chi connectivity index (χ0) is 14.4. The Morgan fingerprint density at radius 2 is 1.90 bits per heavy atom. The lowest BCUT2D eigenvalue weighted by Gasteiger charge is -2.29. The van der Waals surface area contributed by atoms with Crippen LogP contribution >= 0.6 is 12.4 Å². The van der Waals surface area contributed by atoms with Crippen molar-refractivity contribution >= 4 is 18.4 Å². The highest BCUT2D eigenvalue weighted by Gasteiger charge is 2.23. The van der Waals surface area contributed by atoms with Crippen molar-refractivity contribution in [2.24, 2.45) is 5.92 Å². The summed E-state index contributed by atoms with van der Waals surface area (Å²) in [4.78, 5) is 13.1. The molecule has 1 aromatic carbocycles. The van der Waals surface area contributed by atoms with Crippen LogP contribution in [0.15, 0.2) is 24.3 Å². The van der Waals surface area contributed by atoms with E-state index in [0.717, 1.165) is 38.9 Å². The predicted molar refractivity (Wildman–Crippen MR) is 80.6 cm³/mol. The second-order valence-corrected chi connectivity index (χ2v) is 5.11. The van der Waals surface area contributed by atoms with E-state index in [1.54, 1.807) is 12.1 Å². The Labute approximate surface area is 130 Å². The molecular formula is C15H21ClFNO3. The Morgan fingerprint density at radius 3 is 2.48 bits per heavy atom. The number of halogens is 2. The molecule has 1 N–H and O–H groups in total. The van der Waals surface area contributed by atoms with Crippen LogP contribution in [0.5, 0.6) is 5.75 Å². The SMILES string of the molecule is Cl.O=C(O)C1CCN(CCCOc2ccc(F)cc2)CC1. The Kier molecular flexibility index (Phi) is 7.47. The van der Waals surface area contributed by atoms with Crippen LogP contribution in [0.2, 0.25) is 0 Å². The van der Waals surface area contributed by atoms with Gasteiger partial charge in [-0.2, -0.15) is 0 Å². The number of ether oxygens (including phenoxy) is 1. The standard InChI is InChI=1S/C15H20FNO3.ClH/c16-13-2-4-14(5-3-13)20-11-1-8-17-9-6-12(7-10-17)15(18)19;/h2-5,12H,1,6-11H2,(H,18,19);1H. The van der Waals surface area contributed by atoms with Gasteiger partial charge in [0.05, 0.1) is 12.5 Å². The summed E-state index contributed by atoms with van der Waals surface area (Å²) in [5, 5.41) is 8.92. The van der Waals surface area contributed by atoms with E-state index in [9.17, 15) is 9.18 Å². The molecule has 0 amide bonds. The van der Waals surface area contributed by atoms with E-state index in [2.05, 4.69) is 4.90 Å². The summed E-state index contributed by atoms with van der Waals surface area (Å²) in [6.45, 7) is 3.18. The minimum atomic E-state index is -0.677. The molecule has 0 spiro atoms. The van der Waals surface area contributed by atoms with E-state index >= 15 is 0 Å². The molecule has 0 unspecified atom stereocenters. The number of carboxylic acid groups (broad SMARTS) is 1. The predicted octanol–water partition coefficient (Wildman–Crippen LogP) is 2.81. The molecule has 1 saturated heterocycles. The van der Waals surface area contributed by atoms with Crippen molar-refractivity contribution in [2.45, 2.75) is 19.3 Å². The van der Waals surface area contributed by atoms with E-state index in [0.29, 0.717) is 12.4 Å². The maximum Gasteiger partial charge on any atom is 0.306 e. The summed E-state index contributed by atoms with van der Waals surface area (Å²) >= 11 is 0. The molecule has 0 atom stereocenters. The third-order valence-electron chi connectivity index (χ3n) is 3.64. The van der Waals surface area contributed by atoms with Crippen LogP contribution in [0.4, 0.5) is 4.39 Å². The van der Waals surface area contributed by atoms with Crippen molar-refractivity contribution in [3.8, 4) is 5.75 Å². The van der Waals surface area contributed by atoms with Gasteiger partial charge in [-0.25, -0.2) is 4.39 Å². The van der Waals surface area contributed by atoms with E-state index in [1.807, 2.05) is 0 Å². The highest BCUT2D eigenvalue weighted by Crippen LogP contribution is 2.17. The lowest BCUT2D eigenvalue weighted by Crippen LogP contribution is -2.37. The van der Waals surface area contributed by atoms with Gasteiger partial charge in [0.1, 0.15) is 11.6 Å². The summed E-state index contributed by atoms with van der Waals surface area (Å²) in [6, 6.07) is 6.00. The number of carbonyl (C=O) groups is 1. The molecule has 1 aliphatic rings. The van der Waals surface area contributed by atoms with Gasteiger partial charge in [0, 0.05) is 6.54 Å². The lowest BCUT2D eigenvalue weighted by molar-refractivity contribution is -0.143. The van der Waals surface area contributed by atoms with Gasteiger partial charge in [-0.1, -0.05) is 0 Å². The highest BCUT2D eigenvalue weighted by atomic mass is 35.5. The number of benzene rings is 1. The van der Waals surface area contributed by atoms with Gasteiger partial charge in [-0.05, 0) is 56.6 Å². The molecule has 21 heavy (non-hydrogen) atoms. The molecule has 1 fully saturated rings.